The monoisotopic (exact) mass is 254 g/mol. The molecule has 3 atom stereocenters. The minimum atomic E-state index is 0.503. The van der Waals surface area contributed by atoms with Gasteiger partial charge in [-0.3, -0.25) is 4.90 Å². The van der Waals surface area contributed by atoms with Crippen LogP contribution in [0.5, 0.6) is 0 Å². The maximum Gasteiger partial charge on any atom is 0.0589 e. The van der Waals surface area contributed by atoms with Crippen molar-refractivity contribution in [2.45, 2.75) is 70.6 Å². The van der Waals surface area contributed by atoms with Gasteiger partial charge in [0, 0.05) is 25.2 Å². The Labute approximate surface area is 112 Å². The molecule has 0 aromatic heterocycles. The molecule has 1 N–H and O–H groups in total. The molecule has 3 heteroatoms. The molecule has 0 aliphatic carbocycles. The van der Waals surface area contributed by atoms with Gasteiger partial charge in [0.05, 0.1) is 6.10 Å². The fourth-order valence-electron chi connectivity index (χ4n) is 3.24. The summed E-state index contributed by atoms with van der Waals surface area (Å²) in [5, 5.41) is 3.76. The van der Waals surface area contributed by atoms with E-state index in [1.54, 1.807) is 0 Å². The second kappa shape index (κ2) is 7.46. The van der Waals surface area contributed by atoms with Crippen LogP contribution in [0.1, 0.15) is 52.4 Å². The van der Waals surface area contributed by atoms with E-state index in [4.69, 9.17) is 4.74 Å². The number of hydrogen-bond donors (Lipinski definition) is 1. The van der Waals surface area contributed by atoms with E-state index in [9.17, 15) is 0 Å². The summed E-state index contributed by atoms with van der Waals surface area (Å²) in [6.45, 7) is 9.30. The van der Waals surface area contributed by atoms with Crippen LogP contribution in [0.15, 0.2) is 0 Å². The summed E-state index contributed by atoms with van der Waals surface area (Å²) in [6, 6.07) is 1.38. The standard InChI is InChI=1S/C15H30N2O/c1-3-6-15-11-14(7-10-18-15)16-12-13(2)17-8-4-5-9-17/h13-16H,3-12H2,1-2H3. The Hall–Kier alpha value is -0.120. The van der Waals surface area contributed by atoms with Crippen LogP contribution >= 0.6 is 0 Å². The summed E-state index contributed by atoms with van der Waals surface area (Å²) in [7, 11) is 0. The van der Waals surface area contributed by atoms with Gasteiger partial charge in [-0.1, -0.05) is 13.3 Å². The molecular weight excluding hydrogens is 224 g/mol. The summed E-state index contributed by atoms with van der Waals surface area (Å²) in [5.41, 5.74) is 0. The molecule has 18 heavy (non-hydrogen) atoms. The highest BCUT2D eigenvalue weighted by molar-refractivity contribution is 4.80. The zero-order valence-corrected chi connectivity index (χ0v) is 12.2. The molecule has 2 aliphatic rings. The zero-order chi connectivity index (χ0) is 12.8. The van der Waals surface area contributed by atoms with E-state index in [1.807, 2.05) is 0 Å². The van der Waals surface area contributed by atoms with Crippen LogP contribution in [-0.4, -0.2) is 49.3 Å². The van der Waals surface area contributed by atoms with E-state index >= 15 is 0 Å². The highest BCUT2D eigenvalue weighted by Crippen LogP contribution is 2.18. The molecular formula is C15H30N2O. The molecule has 0 aromatic carbocycles. The number of rotatable bonds is 6. The molecule has 3 nitrogen and oxygen atoms in total. The Morgan fingerprint density at radius 2 is 2.11 bits per heavy atom. The van der Waals surface area contributed by atoms with Crippen molar-refractivity contribution in [3.05, 3.63) is 0 Å². The molecule has 0 spiro atoms. The minimum Gasteiger partial charge on any atom is -0.378 e. The van der Waals surface area contributed by atoms with Crippen LogP contribution in [0, 0.1) is 0 Å². The number of ether oxygens (including phenoxy) is 1. The average Bonchev–Trinajstić information content (AvgIpc) is 2.91. The Kier molecular flexibility index (Phi) is 5.93. The Bertz CT molecular complexity index is 227. The van der Waals surface area contributed by atoms with E-state index < -0.39 is 0 Å². The Balaban J connectivity index is 1.65. The Morgan fingerprint density at radius 3 is 2.83 bits per heavy atom. The van der Waals surface area contributed by atoms with Gasteiger partial charge in [-0.15, -0.1) is 0 Å². The first-order chi connectivity index (χ1) is 8.79. The van der Waals surface area contributed by atoms with Crippen molar-refractivity contribution in [2.75, 3.05) is 26.2 Å². The number of likely N-dealkylation sites (tertiary alicyclic amines) is 1. The first kappa shape index (κ1) is 14.3. The van der Waals surface area contributed by atoms with E-state index in [0.29, 0.717) is 18.2 Å². The van der Waals surface area contributed by atoms with Crippen LogP contribution in [-0.2, 0) is 4.74 Å². The first-order valence-electron chi connectivity index (χ1n) is 7.88. The number of hydrogen-bond acceptors (Lipinski definition) is 3. The summed E-state index contributed by atoms with van der Waals surface area (Å²) < 4.78 is 5.80. The smallest absolute Gasteiger partial charge is 0.0589 e. The maximum atomic E-state index is 5.80. The molecule has 0 bridgehead atoms. The highest BCUT2D eigenvalue weighted by atomic mass is 16.5. The van der Waals surface area contributed by atoms with E-state index in [0.717, 1.165) is 13.2 Å². The lowest BCUT2D eigenvalue weighted by Gasteiger charge is -2.32. The van der Waals surface area contributed by atoms with Gasteiger partial charge in [0.25, 0.3) is 0 Å². The number of nitrogens with zero attached hydrogens (tertiary/aromatic N) is 1. The third-order valence-corrected chi connectivity index (χ3v) is 4.44. The topological polar surface area (TPSA) is 24.5 Å². The largest absolute Gasteiger partial charge is 0.378 e. The van der Waals surface area contributed by atoms with Crippen LogP contribution < -0.4 is 5.32 Å². The van der Waals surface area contributed by atoms with Crippen LogP contribution in [0.3, 0.4) is 0 Å². The molecule has 106 valence electrons. The van der Waals surface area contributed by atoms with E-state index in [-0.39, 0.29) is 0 Å². The average molecular weight is 254 g/mol. The molecule has 2 saturated heterocycles. The molecule has 2 rings (SSSR count). The molecule has 2 aliphatic heterocycles. The van der Waals surface area contributed by atoms with Crippen molar-refractivity contribution in [3.8, 4) is 0 Å². The molecule has 0 radical (unpaired) electrons. The predicted molar refractivity (Wildman–Crippen MR) is 75.9 cm³/mol. The van der Waals surface area contributed by atoms with Gasteiger partial charge in [0.2, 0.25) is 0 Å². The molecule has 0 amide bonds. The maximum absolute atomic E-state index is 5.80. The highest BCUT2D eigenvalue weighted by Gasteiger charge is 2.23. The molecule has 2 fully saturated rings. The summed E-state index contributed by atoms with van der Waals surface area (Å²) >= 11 is 0. The lowest BCUT2D eigenvalue weighted by atomic mass is 10.00. The SMILES string of the molecule is CCCC1CC(NCC(C)N2CCCC2)CCO1. The van der Waals surface area contributed by atoms with Crippen molar-refractivity contribution in [1.29, 1.82) is 0 Å². The molecule has 3 unspecified atom stereocenters. The van der Waals surface area contributed by atoms with Gasteiger partial charge >= 0.3 is 0 Å². The van der Waals surface area contributed by atoms with Gasteiger partial charge < -0.3 is 10.1 Å². The van der Waals surface area contributed by atoms with Crippen molar-refractivity contribution in [3.63, 3.8) is 0 Å². The van der Waals surface area contributed by atoms with Crippen molar-refractivity contribution in [2.24, 2.45) is 0 Å². The van der Waals surface area contributed by atoms with Crippen molar-refractivity contribution < 1.29 is 4.74 Å². The third-order valence-electron chi connectivity index (χ3n) is 4.44. The van der Waals surface area contributed by atoms with Gasteiger partial charge in [-0.25, -0.2) is 0 Å². The summed E-state index contributed by atoms with van der Waals surface area (Å²) in [6.07, 6.45) is 8.14. The third kappa shape index (κ3) is 4.22. The van der Waals surface area contributed by atoms with Crippen LogP contribution in [0.2, 0.25) is 0 Å². The van der Waals surface area contributed by atoms with Crippen LogP contribution in [0.4, 0.5) is 0 Å². The second-order valence-electron chi connectivity index (χ2n) is 6.00. The van der Waals surface area contributed by atoms with Crippen molar-refractivity contribution >= 4 is 0 Å². The quantitative estimate of drug-likeness (QED) is 0.788. The van der Waals surface area contributed by atoms with E-state index in [2.05, 4.69) is 24.1 Å². The van der Waals surface area contributed by atoms with Gasteiger partial charge in [0.1, 0.15) is 0 Å². The van der Waals surface area contributed by atoms with Crippen molar-refractivity contribution in [1.82, 2.24) is 10.2 Å². The lowest BCUT2D eigenvalue weighted by molar-refractivity contribution is -0.00397. The zero-order valence-electron chi connectivity index (χ0n) is 12.2. The predicted octanol–water partition coefficient (Wildman–Crippen LogP) is 2.41. The second-order valence-corrected chi connectivity index (χ2v) is 6.00. The normalized spacial score (nSPS) is 31.7. The van der Waals surface area contributed by atoms with Crippen LogP contribution in [0.25, 0.3) is 0 Å². The molecule has 2 heterocycles. The minimum absolute atomic E-state index is 0.503. The fourth-order valence-corrected chi connectivity index (χ4v) is 3.24. The van der Waals surface area contributed by atoms with E-state index in [1.165, 1.54) is 51.6 Å². The van der Waals surface area contributed by atoms with Gasteiger partial charge in [-0.2, -0.15) is 0 Å². The fraction of sp³-hybridized carbons (Fsp3) is 1.00. The Morgan fingerprint density at radius 1 is 1.33 bits per heavy atom. The summed E-state index contributed by atoms with van der Waals surface area (Å²) in [5.74, 6) is 0. The number of nitrogens with one attached hydrogen (secondary N) is 1. The molecule has 0 saturated carbocycles. The van der Waals surface area contributed by atoms with Gasteiger partial charge in [-0.05, 0) is 52.1 Å². The first-order valence-corrected chi connectivity index (χ1v) is 7.88. The lowest BCUT2D eigenvalue weighted by Crippen LogP contribution is -2.45. The molecule has 0 aromatic rings. The summed E-state index contributed by atoms with van der Waals surface area (Å²) in [4.78, 5) is 2.62. The van der Waals surface area contributed by atoms with Gasteiger partial charge in [0.15, 0.2) is 0 Å².